The van der Waals surface area contributed by atoms with Crippen LogP contribution in [0.3, 0.4) is 0 Å². The van der Waals surface area contributed by atoms with Crippen LogP contribution in [-0.4, -0.2) is 43.7 Å². The third-order valence-corrected chi connectivity index (χ3v) is 2.00. The molecule has 0 aliphatic heterocycles. The highest BCUT2D eigenvalue weighted by Gasteiger charge is 2.26. The van der Waals surface area contributed by atoms with Crippen molar-refractivity contribution in [2.75, 3.05) is 27.2 Å². The fraction of sp³-hybridized carbons (Fsp3) is 0.889. The van der Waals surface area contributed by atoms with Crippen molar-refractivity contribution in [2.45, 2.75) is 26.4 Å². The quantitative estimate of drug-likeness (QED) is 0.378. The van der Waals surface area contributed by atoms with E-state index >= 15 is 0 Å². The van der Waals surface area contributed by atoms with Crippen LogP contribution in [0.1, 0.15) is 20.3 Å². The molecule has 14 heavy (non-hydrogen) atoms. The molecule has 0 aromatic rings. The molecule has 0 N–H and O–H groups in total. The second-order valence-corrected chi connectivity index (χ2v) is 3.73. The van der Waals surface area contributed by atoms with Gasteiger partial charge in [0.25, 0.3) is 0 Å². The molecule has 0 aliphatic rings. The van der Waals surface area contributed by atoms with Gasteiger partial charge < -0.3 is 4.74 Å². The molecule has 1 atom stereocenters. The van der Waals surface area contributed by atoms with E-state index in [1.54, 1.807) is 6.92 Å². The Morgan fingerprint density at radius 1 is 1.43 bits per heavy atom. The molecular formula is C9H18F2NO2+. The van der Waals surface area contributed by atoms with Gasteiger partial charge in [-0.3, -0.25) is 4.48 Å². The summed E-state index contributed by atoms with van der Waals surface area (Å²) in [6.45, 7) is 1.53. The summed E-state index contributed by atoms with van der Waals surface area (Å²) in [6, 6.07) is 0. The second kappa shape index (κ2) is 5.90. The first-order valence-corrected chi connectivity index (χ1v) is 4.62. The summed E-state index contributed by atoms with van der Waals surface area (Å²) < 4.78 is 29.0. The molecule has 0 aliphatic carbocycles. The summed E-state index contributed by atoms with van der Waals surface area (Å²) in [6.07, 6.45) is 0.496. The number of likely N-dealkylation sites (N-methyl/N-ethyl adjacent to an activating group) is 1. The van der Waals surface area contributed by atoms with E-state index in [9.17, 15) is 13.6 Å². The number of halogens is 2. The number of hydrogen-bond donors (Lipinski definition) is 0. The van der Waals surface area contributed by atoms with Crippen LogP contribution in [0.2, 0.25) is 0 Å². The van der Waals surface area contributed by atoms with E-state index in [-0.39, 0.29) is 12.6 Å². The smallest absolute Gasteiger partial charge is 0.362 e. The maximum Gasteiger partial charge on any atom is 0.362 e. The van der Waals surface area contributed by atoms with Gasteiger partial charge in [-0.05, 0) is 13.3 Å². The van der Waals surface area contributed by atoms with E-state index in [2.05, 4.69) is 0 Å². The number of carbonyl (C=O) groups is 1. The maximum absolute atomic E-state index is 12.3. The first kappa shape index (κ1) is 13.3. The van der Waals surface area contributed by atoms with Crippen LogP contribution < -0.4 is 0 Å². The molecule has 0 heterocycles. The third kappa shape index (κ3) is 4.50. The summed E-state index contributed by atoms with van der Waals surface area (Å²) in [5.41, 5.74) is 0. The largest absolute Gasteiger partial charge is 0.459 e. The van der Waals surface area contributed by atoms with Crippen LogP contribution in [0.4, 0.5) is 8.78 Å². The van der Waals surface area contributed by atoms with Crippen molar-refractivity contribution >= 4 is 5.97 Å². The van der Waals surface area contributed by atoms with Gasteiger partial charge >= 0.3 is 5.97 Å². The van der Waals surface area contributed by atoms with Crippen molar-refractivity contribution in [3.05, 3.63) is 0 Å². The molecule has 0 rings (SSSR count). The van der Waals surface area contributed by atoms with Crippen molar-refractivity contribution < 1.29 is 22.8 Å². The van der Waals surface area contributed by atoms with Crippen molar-refractivity contribution in [2.24, 2.45) is 0 Å². The number of hydrogen-bond acceptors (Lipinski definition) is 2. The zero-order valence-electron chi connectivity index (χ0n) is 8.93. The van der Waals surface area contributed by atoms with Crippen molar-refractivity contribution in [3.63, 3.8) is 0 Å². The zero-order valence-corrected chi connectivity index (χ0v) is 8.93. The number of nitrogens with zero attached hydrogens (tertiary/aromatic N) is 1. The highest BCUT2D eigenvalue weighted by Crippen LogP contribution is 2.05. The van der Waals surface area contributed by atoms with Gasteiger partial charge in [0, 0.05) is 0 Å². The van der Waals surface area contributed by atoms with Crippen LogP contribution in [0, 0.1) is 0 Å². The van der Waals surface area contributed by atoms with Gasteiger partial charge in [-0.2, -0.15) is 8.78 Å². The number of esters is 1. The normalized spacial score (nSPS) is 13.8. The fourth-order valence-electron chi connectivity index (χ4n) is 0.773. The molecule has 0 aromatic heterocycles. The Morgan fingerprint density at radius 3 is 2.29 bits per heavy atom. The van der Waals surface area contributed by atoms with Gasteiger partial charge in [0.1, 0.15) is 0 Å². The van der Waals surface area contributed by atoms with E-state index in [4.69, 9.17) is 4.74 Å². The number of alkyl halides is 2. The van der Waals surface area contributed by atoms with Crippen LogP contribution >= 0.6 is 0 Å². The summed E-state index contributed by atoms with van der Waals surface area (Å²) in [5.74, 6) is -0.558. The highest BCUT2D eigenvalue weighted by atomic mass is 19.1. The van der Waals surface area contributed by atoms with Gasteiger partial charge in [0.15, 0.2) is 6.54 Å². The number of quaternary nitrogens is 1. The summed E-state index contributed by atoms with van der Waals surface area (Å²) in [4.78, 5) is 11.2. The summed E-state index contributed by atoms with van der Waals surface area (Å²) >= 11 is 0. The molecule has 0 saturated carbocycles. The van der Waals surface area contributed by atoms with Crippen LogP contribution in [0.15, 0.2) is 0 Å². The van der Waals surface area contributed by atoms with Gasteiger partial charge in [0.2, 0.25) is 13.6 Å². The van der Waals surface area contributed by atoms with Crippen molar-refractivity contribution in [1.82, 2.24) is 0 Å². The summed E-state index contributed by atoms with van der Waals surface area (Å²) in [7, 11) is 1.33. The Balaban J connectivity index is 4.04. The fourth-order valence-corrected chi connectivity index (χ4v) is 0.773. The Bertz CT molecular complexity index is 184. The minimum Gasteiger partial charge on any atom is -0.459 e. The molecule has 84 valence electrons. The van der Waals surface area contributed by atoms with E-state index in [0.29, 0.717) is 6.42 Å². The molecule has 0 aromatic carbocycles. The average molecular weight is 210 g/mol. The number of ether oxygens (including phenoxy) is 1. The van der Waals surface area contributed by atoms with Crippen LogP contribution in [0.5, 0.6) is 0 Å². The first-order chi connectivity index (χ1) is 6.47. The van der Waals surface area contributed by atoms with Crippen LogP contribution in [0.25, 0.3) is 0 Å². The lowest BCUT2D eigenvalue weighted by Gasteiger charge is -2.26. The number of rotatable bonds is 6. The molecule has 3 nitrogen and oxygen atoms in total. The molecule has 5 heteroatoms. The third-order valence-electron chi connectivity index (χ3n) is 2.00. The predicted molar refractivity (Wildman–Crippen MR) is 48.8 cm³/mol. The predicted octanol–water partition coefficient (Wildman–Crippen LogP) is 1.63. The van der Waals surface area contributed by atoms with Crippen molar-refractivity contribution in [1.29, 1.82) is 0 Å². The Labute approximate surface area is 83.2 Å². The Kier molecular flexibility index (Phi) is 5.60. The minimum atomic E-state index is -0.911. The highest BCUT2D eigenvalue weighted by molar-refractivity contribution is 5.70. The lowest BCUT2D eigenvalue weighted by atomic mass is 10.3. The summed E-state index contributed by atoms with van der Waals surface area (Å²) in [5, 5.41) is 0. The molecule has 0 spiro atoms. The van der Waals surface area contributed by atoms with Gasteiger partial charge in [0.05, 0.1) is 13.2 Å². The molecule has 0 fully saturated rings. The molecular weight excluding hydrogens is 192 g/mol. The van der Waals surface area contributed by atoms with Gasteiger partial charge in [-0.1, -0.05) is 6.92 Å². The first-order valence-electron chi connectivity index (χ1n) is 4.62. The van der Waals surface area contributed by atoms with E-state index in [1.807, 2.05) is 6.92 Å². The van der Waals surface area contributed by atoms with E-state index in [1.165, 1.54) is 7.05 Å². The topological polar surface area (TPSA) is 26.3 Å². The van der Waals surface area contributed by atoms with E-state index in [0.717, 1.165) is 0 Å². The lowest BCUT2D eigenvalue weighted by Crippen LogP contribution is -2.47. The SMILES string of the molecule is CCC(C)OC(=O)C[N+](C)(CF)CF. The molecule has 0 saturated heterocycles. The van der Waals surface area contributed by atoms with Crippen molar-refractivity contribution in [3.8, 4) is 0 Å². The number of carbonyl (C=O) groups excluding carboxylic acids is 1. The van der Waals surface area contributed by atoms with E-state index < -0.39 is 24.0 Å². The second-order valence-electron chi connectivity index (χ2n) is 3.73. The average Bonchev–Trinajstić information content (AvgIpc) is 2.17. The maximum atomic E-state index is 12.3. The minimum absolute atomic E-state index is 0.199. The van der Waals surface area contributed by atoms with Gasteiger partial charge in [-0.25, -0.2) is 4.79 Å². The van der Waals surface area contributed by atoms with Crippen LogP contribution in [-0.2, 0) is 9.53 Å². The molecule has 0 bridgehead atoms. The lowest BCUT2D eigenvalue weighted by molar-refractivity contribution is -0.926. The monoisotopic (exact) mass is 210 g/mol. The zero-order chi connectivity index (χ0) is 11.2. The Morgan fingerprint density at radius 2 is 1.93 bits per heavy atom. The molecule has 0 amide bonds. The standard InChI is InChI=1S/C9H18F2NO2/c1-4-8(2)14-9(13)5-12(3,6-10)7-11/h8H,4-7H2,1-3H3/q+1. The van der Waals surface area contributed by atoms with Gasteiger partial charge in [-0.15, -0.1) is 0 Å². The molecule has 0 radical (unpaired) electrons. The molecule has 1 unspecified atom stereocenters. The Hall–Kier alpha value is -0.710.